The van der Waals surface area contributed by atoms with Crippen molar-refractivity contribution >= 4 is 5.91 Å². The molecule has 0 aromatic carbocycles. The molecule has 1 rings (SSSR count). The normalized spacial score (nSPS) is 12.2. The summed E-state index contributed by atoms with van der Waals surface area (Å²) >= 11 is 0. The molecule has 0 aliphatic carbocycles. The lowest BCUT2D eigenvalue weighted by atomic mass is 10.3. The molecule has 2 N–H and O–H groups in total. The summed E-state index contributed by atoms with van der Waals surface area (Å²) in [5.74, 6) is -0.448. The van der Waals surface area contributed by atoms with E-state index in [1.165, 1.54) is 26.3 Å². The third-order valence-electron chi connectivity index (χ3n) is 2.05. The molecule has 0 fully saturated rings. The Kier molecular flexibility index (Phi) is 4.80. The lowest BCUT2D eigenvalue weighted by Crippen LogP contribution is -2.35. The van der Waals surface area contributed by atoms with Crippen LogP contribution in [0.2, 0.25) is 0 Å². The van der Waals surface area contributed by atoms with Crippen molar-refractivity contribution in [2.45, 2.75) is 6.10 Å². The zero-order valence-electron chi connectivity index (χ0n) is 9.71. The third-order valence-corrected chi connectivity index (χ3v) is 2.05. The first-order valence-corrected chi connectivity index (χ1v) is 5.04. The number of aromatic nitrogens is 2. The molecule has 1 amide bonds. The lowest BCUT2D eigenvalue weighted by Gasteiger charge is -2.10. The van der Waals surface area contributed by atoms with Crippen LogP contribution in [0.15, 0.2) is 16.9 Å². The second-order valence-corrected chi connectivity index (χ2v) is 3.50. The van der Waals surface area contributed by atoms with Crippen LogP contribution in [0.3, 0.4) is 0 Å². The number of methoxy groups -OCH3 is 1. The first-order chi connectivity index (χ1) is 8.04. The Labute approximate surface area is 98.0 Å². The van der Waals surface area contributed by atoms with Crippen molar-refractivity contribution in [2.24, 2.45) is 7.05 Å². The zero-order chi connectivity index (χ0) is 12.8. The second-order valence-electron chi connectivity index (χ2n) is 3.50. The predicted octanol–water partition coefficient (Wildman–Crippen LogP) is -1.48. The van der Waals surface area contributed by atoms with E-state index in [0.29, 0.717) is 0 Å². The molecule has 7 nitrogen and oxygen atoms in total. The summed E-state index contributed by atoms with van der Waals surface area (Å²) < 4.78 is 5.78. The maximum Gasteiger partial charge on any atom is 0.271 e. The van der Waals surface area contributed by atoms with E-state index in [-0.39, 0.29) is 24.4 Å². The molecule has 7 heteroatoms. The molecule has 0 spiro atoms. The van der Waals surface area contributed by atoms with Gasteiger partial charge in [-0.1, -0.05) is 0 Å². The van der Waals surface area contributed by atoms with E-state index >= 15 is 0 Å². The fourth-order valence-electron chi connectivity index (χ4n) is 1.18. The summed E-state index contributed by atoms with van der Waals surface area (Å²) in [7, 11) is 2.92. The van der Waals surface area contributed by atoms with Crippen LogP contribution in [-0.2, 0) is 11.8 Å². The van der Waals surface area contributed by atoms with E-state index in [2.05, 4.69) is 10.4 Å². The number of amides is 1. The monoisotopic (exact) mass is 241 g/mol. The Hall–Kier alpha value is -1.73. The number of carbonyl (C=O) groups excluding carboxylic acids is 1. The Bertz CT molecular complexity index is 443. The maximum atomic E-state index is 11.6. The van der Waals surface area contributed by atoms with E-state index in [4.69, 9.17) is 4.74 Å². The Morgan fingerprint density at radius 3 is 2.94 bits per heavy atom. The molecule has 0 radical (unpaired) electrons. The fraction of sp³-hybridized carbons (Fsp3) is 0.500. The van der Waals surface area contributed by atoms with Crippen molar-refractivity contribution in [3.63, 3.8) is 0 Å². The molecule has 94 valence electrons. The van der Waals surface area contributed by atoms with Crippen LogP contribution in [0, 0.1) is 0 Å². The van der Waals surface area contributed by atoms with Gasteiger partial charge >= 0.3 is 0 Å². The van der Waals surface area contributed by atoms with Gasteiger partial charge in [0.15, 0.2) is 0 Å². The first-order valence-electron chi connectivity index (χ1n) is 5.04. The molecule has 1 aromatic heterocycles. The average molecular weight is 241 g/mol. The molecule has 0 aliphatic rings. The number of nitrogens with one attached hydrogen (secondary N) is 1. The maximum absolute atomic E-state index is 11.6. The zero-order valence-corrected chi connectivity index (χ0v) is 9.71. The minimum Gasteiger partial charge on any atom is -0.389 e. The van der Waals surface area contributed by atoms with Gasteiger partial charge in [0.2, 0.25) is 0 Å². The number of hydrogen-bond donors (Lipinski definition) is 2. The van der Waals surface area contributed by atoms with Crippen LogP contribution < -0.4 is 10.9 Å². The molecule has 0 bridgehead atoms. The van der Waals surface area contributed by atoms with E-state index in [9.17, 15) is 14.7 Å². The molecule has 0 aliphatic heterocycles. The first kappa shape index (κ1) is 13.3. The predicted molar refractivity (Wildman–Crippen MR) is 59.7 cm³/mol. The number of hydrogen-bond acceptors (Lipinski definition) is 5. The van der Waals surface area contributed by atoms with Crippen LogP contribution in [0.1, 0.15) is 10.5 Å². The lowest BCUT2D eigenvalue weighted by molar-refractivity contribution is 0.0608. The standard InChI is InChI=1S/C10H15N3O4/c1-13-9(15)4-3-8(12-13)10(16)11-5-7(14)6-17-2/h3-4,7,14H,5-6H2,1-2H3,(H,11,16). The molecule has 1 aromatic rings. The van der Waals surface area contributed by atoms with Gasteiger partial charge in [0, 0.05) is 26.8 Å². The van der Waals surface area contributed by atoms with Gasteiger partial charge in [-0.05, 0) is 6.07 Å². The van der Waals surface area contributed by atoms with Crippen LogP contribution in [-0.4, -0.2) is 47.2 Å². The van der Waals surface area contributed by atoms with Crippen molar-refractivity contribution in [1.82, 2.24) is 15.1 Å². The summed E-state index contributed by atoms with van der Waals surface area (Å²) in [6.07, 6.45) is -0.767. The quantitative estimate of drug-likeness (QED) is 0.655. The smallest absolute Gasteiger partial charge is 0.271 e. The van der Waals surface area contributed by atoms with Gasteiger partial charge in [0.1, 0.15) is 5.69 Å². The van der Waals surface area contributed by atoms with E-state index in [0.717, 1.165) is 4.68 Å². The summed E-state index contributed by atoms with van der Waals surface area (Å²) in [4.78, 5) is 22.6. The molecule has 1 unspecified atom stereocenters. The molecular formula is C10H15N3O4. The Balaban J connectivity index is 2.58. The van der Waals surface area contributed by atoms with Gasteiger partial charge in [-0.2, -0.15) is 5.10 Å². The van der Waals surface area contributed by atoms with Gasteiger partial charge in [0.05, 0.1) is 12.7 Å². The largest absolute Gasteiger partial charge is 0.389 e. The summed E-state index contributed by atoms with van der Waals surface area (Å²) in [5.41, 5.74) is -0.169. The minimum absolute atomic E-state index is 0.0667. The van der Waals surface area contributed by atoms with Crippen molar-refractivity contribution in [1.29, 1.82) is 0 Å². The van der Waals surface area contributed by atoms with Crippen LogP contribution >= 0.6 is 0 Å². The van der Waals surface area contributed by atoms with Crippen molar-refractivity contribution < 1.29 is 14.6 Å². The van der Waals surface area contributed by atoms with Gasteiger partial charge in [-0.25, -0.2) is 4.68 Å². The topological polar surface area (TPSA) is 93.5 Å². The highest BCUT2D eigenvalue weighted by Crippen LogP contribution is 1.90. The number of aliphatic hydroxyl groups is 1. The number of aliphatic hydroxyl groups excluding tert-OH is 1. The van der Waals surface area contributed by atoms with E-state index < -0.39 is 12.0 Å². The number of carbonyl (C=O) groups is 1. The number of nitrogens with zero attached hydrogens (tertiary/aromatic N) is 2. The Morgan fingerprint density at radius 1 is 1.65 bits per heavy atom. The van der Waals surface area contributed by atoms with Crippen LogP contribution in [0.25, 0.3) is 0 Å². The van der Waals surface area contributed by atoms with Gasteiger partial charge in [-0.15, -0.1) is 0 Å². The van der Waals surface area contributed by atoms with E-state index in [1.807, 2.05) is 0 Å². The molecule has 0 saturated carbocycles. The highest BCUT2D eigenvalue weighted by Gasteiger charge is 2.10. The van der Waals surface area contributed by atoms with E-state index in [1.54, 1.807) is 0 Å². The van der Waals surface area contributed by atoms with Crippen LogP contribution in [0.4, 0.5) is 0 Å². The average Bonchev–Trinajstić information content (AvgIpc) is 2.30. The highest BCUT2D eigenvalue weighted by molar-refractivity contribution is 5.91. The third kappa shape index (κ3) is 3.97. The summed E-state index contributed by atoms with van der Waals surface area (Å²) in [6, 6.07) is 2.59. The SMILES string of the molecule is COCC(O)CNC(=O)c1ccc(=O)n(C)n1. The number of aryl methyl sites for hydroxylation is 1. The van der Waals surface area contributed by atoms with Crippen LogP contribution in [0.5, 0.6) is 0 Å². The van der Waals surface area contributed by atoms with Crippen molar-refractivity contribution in [3.05, 3.63) is 28.2 Å². The Morgan fingerprint density at radius 2 is 2.35 bits per heavy atom. The summed E-state index contributed by atoms with van der Waals surface area (Å²) in [5, 5.41) is 15.6. The minimum atomic E-state index is -0.767. The van der Waals surface area contributed by atoms with Crippen molar-refractivity contribution in [2.75, 3.05) is 20.3 Å². The number of rotatable bonds is 5. The van der Waals surface area contributed by atoms with Crippen molar-refractivity contribution in [3.8, 4) is 0 Å². The van der Waals surface area contributed by atoms with Gasteiger partial charge < -0.3 is 15.2 Å². The molecule has 1 atom stereocenters. The van der Waals surface area contributed by atoms with Gasteiger partial charge in [0.25, 0.3) is 11.5 Å². The highest BCUT2D eigenvalue weighted by atomic mass is 16.5. The molecule has 1 heterocycles. The van der Waals surface area contributed by atoms with Gasteiger partial charge in [-0.3, -0.25) is 9.59 Å². The molecular weight excluding hydrogens is 226 g/mol. The second kappa shape index (κ2) is 6.12. The molecule has 17 heavy (non-hydrogen) atoms. The summed E-state index contributed by atoms with van der Waals surface area (Å²) in [6.45, 7) is 0.207. The molecule has 0 saturated heterocycles. The fourth-order valence-corrected chi connectivity index (χ4v) is 1.18. The number of ether oxygens (including phenoxy) is 1.